The van der Waals surface area contributed by atoms with E-state index in [2.05, 4.69) is 0 Å². The summed E-state index contributed by atoms with van der Waals surface area (Å²) in [5.74, 6) is -0.809. The molecule has 4 heteroatoms. The minimum atomic E-state index is -1.48. The zero-order chi connectivity index (χ0) is 16.5. The van der Waals surface area contributed by atoms with Gasteiger partial charge in [-0.15, -0.1) is 0 Å². The number of hydrogen-bond acceptors (Lipinski definition) is 4. The van der Waals surface area contributed by atoms with Gasteiger partial charge in [-0.3, -0.25) is 14.4 Å². The highest BCUT2D eigenvalue weighted by molar-refractivity contribution is 6.24. The lowest BCUT2D eigenvalue weighted by Crippen LogP contribution is -2.38. The Morgan fingerprint density at radius 1 is 1.05 bits per heavy atom. The molecule has 21 heavy (non-hydrogen) atoms. The van der Waals surface area contributed by atoms with Gasteiger partial charge in [0.15, 0.2) is 17.3 Å². The van der Waals surface area contributed by atoms with E-state index in [1.807, 2.05) is 0 Å². The summed E-state index contributed by atoms with van der Waals surface area (Å²) in [7, 11) is 0. The van der Waals surface area contributed by atoms with E-state index in [1.165, 1.54) is 6.92 Å². The molecule has 0 amide bonds. The molecular formula is C17H24O4. The molecule has 0 saturated heterocycles. The standard InChI is InChI=1S/C17H24O4/c1-9(2)16(20)17(6,21)8-7-13-12(5)14(18)10(3)11(4)15(13)19/h9,21H,7-8H2,1-6H3. The second-order valence-electron chi connectivity index (χ2n) is 6.30. The molecule has 0 aromatic carbocycles. The van der Waals surface area contributed by atoms with Crippen LogP contribution in [0.5, 0.6) is 0 Å². The lowest BCUT2D eigenvalue weighted by Gasteiger charge is -2.25. The zero-order valence-electron chi connectivity index (χ0n) is 13.7. The van der Waals surface area contributed by atoms with Gasteiger partial charge in [0.2, 0.25) is 0 Å². The number of carbonyl (C=O) groups is 3. The third kappa shape index (κ3) is 3.38. The largest absolute Gasteiger partial charge is 0.382 e. The van der Waals surface area contributed by atoms with E-state index in [0.29, 0.717) is 22.3 Å². The highest BCUT2D eigenvalue weighted by atomic mass is 16.3. The van der Waals surface area contributed by atoms with Crippen LogP contribution in [0.4, 0.5) is 0 Å². The number of aliphatic hydroxyl groups is 1. The summed E-state index contributed by atoms with van der Waals surface area (Å²) in [6.45, 7) is 9.84. The van der Waals surface area contributed by atoms with Crippen LogP contribution >= 0.6 is 0 Å². The number of rotatable bonds is 5. The molecule has 1 unspecified atom stereocenters. The highest BCUT2D eigenvalue weighted by Gasteiger charge is 2.34. The van der Waals surface area contributed by atoms with Gasteiger partial charge in [0.25, 0.3) is 0 Å². The van der Waals surface area contributed by atoms with Crippen LogP contribution in [-0.4, -0.2) is 28.1 Å². The molecule has 0 fully saturated rings. The molecular weight excluding hydrogens is 268 g/mol. The van der Waals surface area contributed by atoms with Crippen LogP contribution in [0.1, 0.15) is 54.4 Å². The minimum absolute atomic E-state index is 0.128. The smallest absolute Gasteiger partial charge is 0.185 e. The van der Waals surface area contributed by atoms with Gasteiger partial charge in [-0.25, -0.2) is 0 Å². The van der Waals surface area contributed by atoms with Crippen molar-refractivity contribution in [3.05, 3.63) is 22.3 Å². The van der Waals surface area contributed by atoms with Crippen LogP contribution in [0, 0.1) is 5.92 Å². The van der Waals surface area contributed by atoms with Gasteiger partial charge in [0.1, 0.15) is 5.60 Å². The second-order valence-corrected chi connectivity index (χ2v) is 6.30. The van der Waals surface area contributed by atoms with Gasteiger partial charge in [0, 0.05) is 28.2 Å². The van der Waals surface area contributed by atoms with Crippen molar-refractivity contribution in [2.24, 2.45) is 5.92 Å². The van der Waals surface area contributed by atoms with E-state index in [-0.39, 0.29) is 36.1 Å². The van der Waals surface area contributed by atoms with Crippen molar-refractivity contribution >= 4 is 17.3 Å². The summed E-state index contributed by atoms with van der Waals surface area (Å²) < 4.78 is 0. The predicted octanol–water partition coefficient (Wildman–Crippen LogP) is 2.55. The quantitative estimate of drug-likeness (QED) is 0.790. The number of Topliss-reactive ketones (excluding diaryl/α,β-unsaturated/α-hetero) is 3. The van der Waals surface area contributed by atoms with Crippen molar-refractivity contribution in [3.8, 4) is 0 Å². The molecule has 0 heterocycles. The van der Waals surface area contributed by atoms with Gasteiger partial charge in [-0.2, -0.15) is 0 Å². The average Bonchev–Trinajstić information content (AvgIpc) is 2.41. The fourth-order valence-corrected chi connectivity index (χ4v) is 2.57. The zero-order valence-corrected chi connectivity index (χ0v) is 13.7. The van der Waals surface area contributed by atoms with Crippen molar-refractivity contribution in [1.82, 2.24) is 0 Å². The molecule has 0 aliphatic heterocycles. The fraction of sp³-hybridized carbons (Fsp3) is 0.588. The van der Waals surface area contributed by atoms with Crippen LogP contribution in [0.3, 0.4) is 0 Å². The SMILES string of the molecule is CC1=C(C)C(=O)C(CCC(C)(O)C(=O)C(C)C)=C(C)C1=O. The average molecular weight is 292 g/mol. The predicted molar refractivity (Wildman–Crippen MR) is 80.8 cm³/mol. The monoisotopic (exact) mass is 292 g/mol. The van der Waals surface area contributed by atoms with Gasteiger partial charge in [0.05, 0.1) is 0 Å². The maximum atomic E-state index is 12.3. The first-order valence-corrected chi connectivity index (χ1v) is 7.24. The van der Waals surface area contributed by atoms with Crippen molar-refractivity contribution in [2.45, 2.75) is 60.0 Å². The molecule has 4 nitrogen and oxygen atoms in total. The van der Waals surface area contributed by atoms with Crippen LogP contribution in [0.15, 0.2) is 22.3 Å². The summed E-state index contributed by atoms with van der Waals surface area (Å²) in [4.78, 5) is 36.3. The molecule has 0 aromatic heterocycles. The van der Waals surface area contributed by atoms with Crippen LogP contribution in [0.2, 0.25) is 0 Å². The van der Waals surface area contributed by atoms with Crippen molar-refractivity contribution in [2.75, 3.05) is 0 Å². The Labute approximate surface area is 125 Å². The molecule has 116 valence electrons. The van der Waals surface area contributed by atoms with E-state index < -0.39 is 5.60 Å². The maximum Gasteiger partial charge on any atom is 0.185 e. The van der Waals surface area contributed by atoms with Crippen LogP contribution < -0.4 is 0 Å². The Kier molecular flexibility index (Phi) is 5.05. The lowest BCUT2D eigenvalue weighted by atomic mass is 9.81. The molecule has 1 N–H and O–H groups in total. The fourth-order valence-electron chi connectivity index (χ4n) is 2.57. The van der Waals surface area contributed by atoms with Gasteiger partial charge in [-0.1, -0.05) is 13.8 Å². The highest BCUT2D eigenvalue weighted by Crippen LogP contribution is 2.29. The summed E-state index contributed by atoms with van der Waals surface area (Å²) in [6, 6.07) is 0. The summed E-state index contributed by atoms with van der Waals surface area (Å²) >= 11 is 0. The molecule has 1 rings (SSSR count). The molecule has 0 radical (unpaired) electrons. The number of ketones is 3. The molecule has 0 saturated carbocycles. The first kappa shape index (κ1) is 17.5. The Morgan fingerprint density at radius 3 is 2.00 bits per heavy atom. The Balaban J connectivity index is 2.97. The Morgan fingerprint density at radius 2 is 1.52 bits per heavy atom. The molecule has 0 spiro atoms. The van der Waals surface area contributed by atoms with Crippen molar-refractivity contribution in [1.29, 1.82) is 0 Å². The summed E-state index contributed by atoms with van der Waals surface area (Å²) in [6.07, 6.45) is 0.370. The number of carbonyl (C=O) groups excluding carboxylic acids is 3. The van der Waals surface area contributed by atoms with Gasteiger partial charge >= 0.3 is 0 Å². The van der Waals surface area contributed by atoms with Crippen molar-refractivity contribution < 1.29 is 19.5 Å². The maximum absolute atomic E-state index is 12.3. The third-order valence-corrected chi connectivity index (χ3v) is 4.23. The minimum Gasteiger partial charge on any atom is -0.382 e. The Hall–Kier alpha value is -1.55. The topological polar surface area (TPSA) is 71.4 Å². The van der Waals surface area contributed by atoms with Gasteiger partial charge in [-0.05, 0) is 40.5 Å². The number of allylic oxidation sites excluding steroid dienone is 4. The second kappa shape index (κ2) is 6.06. The van der Waals surface area contributed by atoms with E-state index >= 15 is 0 Å². The molecule has 1 aliphatic carbocycles. The molecule has 1 atom stereocenters. The van der Waals surface area contributed by atoms with E-state index in [1.54, 1.807) is 34.6 Å². The van der Waals surface area contributed by atoms with E-state index in [9.17, 15) is 19.5 Å². The third-order valence-electron chi connectivity index (χ3n) is 4.23. The summed E-state index contributed by atoms with van der Waals surface area (Å²) in [5, 5.41) is 10.3. The molecule has 0 aromatic rings. The molecule has 1 aliphatic rings. The van der Waals surface area contributed by atoms with E-state index in [4.69, 9.17) is 0 Å². The Bertz CT molecular complexity index is 559. The molecule has 0 bridgehead atoms. The van der Waals surface area contributed by atoms with E-state index in [0.717, 1.165) is 0 Å². The van der Waals surface area contributed by atoms with Gasteiger partial charge < -0.3 is 5.11 Å². The first-order valence-electron chi connectivity index (χ1n) is 7.24. The lowest BCUT2D eigenvalue weighted by molar-refractivity contribution is -0.139. The number of hydrogen-bond donors (Lipinski definition) is 1. The normalized spacial score (nSPS) is 19.4. The summed E-state index contributed by atoms with van der Waals surface area (Å²) in [5.41, 5.74) is 0.298. The first-order chi connectivity index (χ1) is 9.50. The van der Waals surface area contributed by atoms with Crippen LogP contribution in [-0.2, 0) is 14.4 Å². The van der Waals surface area contributed by atoms with Crippen molar-refractivity contribution in [3.63, 3.8) is 0 Å². The van der Waals surface area contributed by atoms with Crippen LogP contribution in [0.25, 0.3) is 0 Å².